The molecule has 5 aliphatic rings. The molecule has 3 amide bonds. The molecular weight excluding hydrogens is 1700 g/mol. The van der Waals surface area contributed by atoms with Crippen molar-refractivity contribution in [3.8, 4) is 0 Å². The molecule has 21 N–H and O–H groups in total. The van der Waals surface area contributed by atoms with E-state index in [-0.39, 0.29) is 64.0 Å². The van der Waals surface area contributed by atoms with Crippen LogP contribution < -0.4 is 16.0 Å². The van der Waals surface area contributed by atoms with Crippen molar-refractivity contribution in [3.63, 3.8) is 0 Å². The molecule has 0 saturated carbocycles. The van der Waals surface area contributed by atoms with Gasteiger partial charge in [0, 0.05) is 39.0 Å². The van der Waals surface area contributed by atoms with E-state index in [1.165, 1.54) is 179 Å². The lowest BCUT2D eigenvalue weighted by molar-refractivity contribution is -0.385. The molecule has 754 valence electrons. The number of carboxylic acids is 2. The number of hydrogen-bond acceptors (Lipinski definition) is 32. The Morgan fingerprint density at radius 1 is 0.362 bits per heavy atom. The maximum Gasteiger partial charge on any atom is 0.335 e. The Balaban J connectivity index is 0.803. The zero-order chi connectivity index (χ0) is 94.5. The Kier molecular flexibility index (Phi) is 58.1. The summed E-state index contributed by atoms with van der Waals surface area (Å²) in [5, 5.41) is 202. The highest BCUT2D eigenvalue weighted by molar-refractivity contribution is 5.77. The molecule has 5 aliphatic heterocycles. The van der Waals surface area contributed by atoms with E-state index >= 15 is 0 Å². The zero-order valence-corrected chi connectivity index (χ0v) is 76.6. The molecule has 37 heteroatoms. The highest BCUT2D eigenvalue weighted by Gasteiger charge is 2.57. The van der Waals surface area contributed by atoms with Crippen LogP contribution in [0.3, 0.4) is 0 Å². The van der Waals surface area contributed by atoms with Gasteiger partial charge < -0.3 is 160 Å². The van der Waals surface area contributed by atoms with Gasteiger partial charge in [0.25, 0.3) is 0 Å². The number of aliphatic hydroxyl groups is 16. The topological polar surface area (TPSA) is 587 Å². The quantitative estimate of drug-likeness (QED) is 0.0407. The first-order valence-corrected chi connectivity index (χ1v) is 48.8. The number of unbranched alkanes of at least 4 members (excludes halogenated alkanes) is 36. The Morgan fingerprint density at radius 2 is 0.746 bits per heavy atom. The van der Waals surface area contributed by atoms with E-state index in [0.29, 0.717) is 51.5 Å². The number of carbonyl (C=O) groups is 5. The van der Waals surface area contributed by atoms with Crippen molar-refractivity contribution in [1.82, 2.24) is 16.0 Å². The molecule has 0 spiro atoms. The second-order valence-corrected chi connectivity index (χ2v) is 36.0. The van der Waals surface area contributed by atoms with Gasteiger partial charge in [-0.15, -0.1) is 0 Å². The van der Waals surface area contributed by atoms with Crippen molar-refractivity contribution in [2.75, 3.05) is 52.7 Å². The summed E-state index contributed by atoms with van der Waals surface area (Å²) in [6.07, 6.45) is -4.93. The number of carboxylic acid groups (broad SMARTS) is 2. The predicted molar refractivity (Wildman–Crippen MR) is 471 cm³/mol. The van der Waals surface area contributed by atoms with E-state index in [4.69, 9.17) is 52.1 Å². The van der Waals surface area contributed by atoms with E-state index < -0.39 is 203 Å². The monoisotopic (exact) mass is 1870 g/mol. The molecule has 5 saturated heterocycles. The minimum absolute atomic E-state index is 0.0381. The van der Waals surface area contributed by atoms with Gasteiger partial charge in [-0.2, -0.15) is 0 Å². The van der Waals surface area contributed by atoms with Gasteiger partial charge >= 0.3 is 11.9 Å². The standard InChI is InChI=1S/C93H163N3O34/c1-2-3-4-5-6-7-8-22-25-28-31-39-48-62(99)69(103)61(96-68(102)51-40-32-29-26-23-20-18-16-14-12-10-9-11-13-15-17-19-21-24-27-30-36-45-60-46-37-35-38-47-60)58-122-90-76(110)71(105)70(104)65(125-90)59-120-54-44-34-33-43-52-94-66(100)49-41-42-50-67(101)95-53-55-121-89-78(112)74(108)82(63(56-97)123-89)127-93-81(115)84(80(114)86(130-93)88(118)119)128-91-79(113)75(109)83(64(57-98)124-91)126-92-77(111)72(106)73(107)85(129-92)87(116)117/h35,37-38,46-47,61-65,69-86,89-93,97-99,103-115H,2-34,36,39-45,48-59H2,1H3,(H,94,100)(H,95,101)(H,96,102)(H,116,117)(H,118,119)/t61-,62+,63?,64?,65?,69-,70?,71?,72?,73?,74?,75?,76?,77?,78?,79?,80?,81?,82?,83?,84?,85?,86?,89?,90?,91?,92?,93?/m0/s1. The van der Waals surface area contributed by atoms with Gasteiger partial charge in [-0.25, -0.2) is 9.59 Å². The van der Waals surface area contributed by atoms with Gasteiger partial charge in [0.1, 0.15) is 116 Å². The number of benzene rings is 1. The van der Waals surface area contributed by atoms with Crippen LogP contribution in [0.4, 0.5) is 0 Å². The summed E-state index contributed by atoms with van der Waals surface area (Å²) in [5.41, 5.74) is 1.45. The second kappa shape index (κ2) is 66.1. The summed E-state index contributed by atoms with van der Waals surface area (Å²) in [4.78, 5) is 62.8. The molecule has 0 bridgehead atoms. The van der Waals surface area contributed by atoms with Crippen molar-refractivity contribution in [2.24, 2.45) is 0 Å². The molecule has 5 heterocycles. The van der Waals surface area contributed by atoms with Crippen LogP contribution in [0, 0.1) is 0 Å². The summed E-state index contributed by atoms with van der Waals surface area (Å²) in [6, 6.07) is 9.72. The zero-order valence-electron chi connectivity index (χ0n) is 76.6. The number of hydrogen-bond donors (Lipinski definition) is 21. The van der Waals surface area contributed by atoms with Gasteiger partial charge in [-0.1, -0.05) is 256 Å². The molecule has 0 aliphatic carbocycles. The number of nitrogens with one attached hydrogen (secondary N) is 3. The lowest BCUT2D eigenvalue weighted by Crippen LogP contribution is -2.68. The summed E-state index contributed by atoms with van der Waals surface area (Å²) >= 11 is 0. The fraction of sp³-hybridized carbons (Fsp3) is 0.882. The highest BCUT2D eigenvalue weighted by Crippen LogP contribution is 2.36. The smallest absolute Gasteiger partial charge is 0.335 e. The van der Waals surface area contributed by atoms with E-state index in [1.54, 1.807) is 0 Å². The summed E-state index contributed by atoms with van der Waals surface area (Å²) in [6.45, 7) is -0.106. The van der Waals surface area contributed by atoms with Crippen LogP contribution in [-0.4, -0.2) is 346 Å². The molecule has 28 atom stereocenters. The number of aliphatic hydroxyl groups excluding tert-OH is 16. The molecule has 1 aromatic carbocycles. The summed E-state index contributed by atoms with van der Waals surface area (Å²) in [5.74, 6) is -4.56. The van der Waals surface area contributed by atoms with Crippen molar-refractivity contribution in [1.29, 1.82) is 0 Å². The largest absolute Gasteiger partial charge is 0.479 e. The molecule has 0 aromatic heterocycles. The molecule has 0 radical (unpaired) electrons. The Labute approximate surface area is 766 Å². The van der Waals surface area contributed by atoms with Crippen molar-refractivity contribution >= 4 is 29.7 Å². The minimum atomic E-state index is -2.32. The van der Waals surface area contributed by atoms with Crippen LogP contribution in [-0.2, 0) is 82.5 Å². The van der Waals surface area contributed by atoms with Crippen LogP contribution in [0.2, 0.25) is 0 Å². The van der Waals surface area contributed by atoms with Gasteiger partial charge in [0.15, 0.2) is 43.7 Å². The van der Waals surface area contributed by atoms with E-state index in [2.05, 4.69) is 53.2 Å². The maximum atomic E-state index is 13.5. The Morgan fingerprint density at radius 3 is 1.26 bits per heavy atom. The lowest BCUT2D eigenvalue weighted by Gasteiger charge is -2.48. The Bertz CT molecular complexity index is 3130. The first kappa shape index (κ1) is 114. The number of aliphatic carboxylic acids is 2. The van der Waals surface area contributed by atoms with Gasteiger partial charge in [0.2, 0.25) is 17.7 Å². The predicted octanol–water partition coefficient (Wildman–Crippen LogP) is 4.17. The maximum absolute atomic E-state index is 13.5. The number of ether oxygens (including phenoxy) is 11. The SMILES string of the molecule is CCCCCCCCCCCCCC[C@@H](O)[C@@H](O)[C@H](COC1OC(COCCCCCCNC(=O)CCCCC(=O)NCCOC2OC(CO)C(OC3OC(C(=O)O)C(O)C(OC4OC(CO)C(OC5OC(C(=O)O)C(O)C(O)C5O)C(O)C4O)C3O)C(O)C2O)C(O)C(O)C1O)NC(=O)CCCCCCCCCCCCCCCCCCCCCCCCc1ccccc1. The number of rotatable bonds is 72. The van der Waals surface area contributed by atoms with E-state index in [9.17, 15) is 116 Å². The van der Waals surface area contributed by atoms with Crippen LogP contribution in [0.5, 0.6) is 0 Å². The fourth-order valence-electron chi connectivity index (χ4n) is 17.2. The van der Waals surface area contributed by atoms with Crippen molar-refractivity contribution < 1.29 is 168 Å². The van der Waals surface area contributed by atoms with Crippen LogP contribution >= 0.6 is 0 Å². The third-order valence-electron chi connectivity index (χ3n) is 25.3. The third-order valence-corrected chi connectivity index (χ3v) is 25.3. The molecule has 5 fully saturated rings. The minimum Gasteiger partial charge on any atom is -0.479 e. The highest BCUT2D eigenvalue weighted by atomic mass is 16.8. The van der Waals surface area contributed by atoms with E-state index in [1.807, 2.05) is 0 Å². The van der Waals surface area contributed by atoms with Gasteiger partial charge in [-0.05, 0) is 56.9 Å². The van der Waals surface area contributed by atoms with Gasteiger partial charge in [-0.3, -0.25) is 14.4 Å². The summed E-state index contributed by atoms with van der Waals surface area (Å²) in [7, 11) is 0. The Hall–Kier alpha value is -4.51. The number of carbonyl (C=O) groups excluding carboxylic acids is 3. The summed E-state index contributed by atoms with van der Waals surface area (Å²) < 4.78 is 61.6. The number of aryl methyl sites for hydroxylation is 1. The number of amides is 3. The molecule has 37 nitrogen and oxygen atoms in total. The molecule has 1 aromatic rings. The van der Waals surface area contributed by atoms with E-state index in [0.717, 1.165) is 51.4 Å². The second-order valence-electron chi connectivity index (χ2n) is 36.0. The average molecular weight is 1870 g/mol. The van der Waals surface area contributed by atoms with Crippen molar-refractivity contribution in [3.05, 3.63) is 35.9 Å². The lowest BCUT2D eigenvalue weighted by atomic mass is 9.95. The molecule has 130 heavy (non-hydrogen) atoms. The molecule has 6 rings (SSSR count). The van der Waals surface area contributed by atoms with Gasteiger partial charge in [0.05, 0.1) is 45.2 Å². The fourth-order valence-corrected chi connectivity index (χ4v) is 17.2. The first-order valence-electron chi connectivity index (χ1n) is 48.8. The van der Waals surface area contributed by atoms with Crippen LogP contribution in [0.15, 0.2) is 30.3 Å². The van der Waals surface area contributed by atoms with Crippen molar-refractivity contribution in [2.45, 2.75) is 468 Å². The third kappa shape index (κ3) is 41.4. The average Bonchev–Trinajstić information content (AvgIpc) is 0.768. The molecule has 25 unspecified atom stereocenters. The normalized spacial score (nSPS) is 30.2. The van der Waals surface area contributed by atoms with Crippen LogP contribution in [0.25, 0.3) is 0 Å². The first-order chi connectivity index (χ1) is 62.7. The molecular formula is C93H163N3O34. The van der Waals surface area contributed by atoms with Crippen LogP contribution in [0.1, 0.15) is 295 Å².